The number of carbonyl (C=O) groups excluding carboxylic acids is 1. The zero-order valence-corrected chi connectivity index (χ0v) is 22.5. The average molecular weight is 556 g/mol. The summed E-state index contributed by atoms with van der Waals surface area (Å²) in [6, 6.07) is 3.73. The Hall–Kier alpha value is -3.80. The summed E-state index contributed by atoms with van der Waals surface area (Å²) in [6.07, 6.45) is 4.32. The normalized spacial score (nSPS) is 17.3. The van der Waals surface area contributed by atoms with Crippen LogP contribution >= 0.6 is 0 Å². The highest BCUT2D eigenvalue weighted by atomic mass is 19.4. The number of alkyl halides is 3. The van der Waals surface area contributed by atoms with Crippen molar-refractivity contribution in [2.24, 2.45) is 0 Å². The highest BCUT2D eigenvalue weighted by molar-refractivity contribution is 5.99. The van der Waals surface area contributed by atoms with Crippen LogP contribution in [-0.2, 0) is 0 Å². The van der Waals surface area contributed by atoms with E-state index in [0.717, 1.165) is 37.4 Å². The Labute approximate surface area is 229 Å². The van der Waals surface area contributed by atoms with Gasteiger partial charge < -0.3 is 10.2 Å². The number of rotatable bonds is 7. The maximum Gasteiger partial charge on any atom is 0.409 e. The zero-order chi connectivity index (χ0) is 28.4. The van der Waals surface area contributed by atoms with E-state index in [1.54, 1.807) is 23.9 Å². The van der Waals surface area contributed by atoms with E-state index in [9.17, 15) is 22.8 Å². The van der Waals surface area contributed by atoms with E-state index in [4.69, 9.17) is 4.98 Å². The maximum absolute atomic E-state index is 13.4. The lowest BCUT2D eigenvalue weighted by atomic mass is 10.0. The second-order valence-corrected chi connectivity index (χ2v) is 10.4. The molecule has 212 valence electrons. The molecule has 2 fully saturated rings. The van der Waals surface area contributed by atoms with Crippen LogP contribution in [0.3, 0.4) is 0 Å². The molecule has 0 aromatic carbocycles. The van der Waals surface area contributed by atoms with Gasteiger partial charge >= 0.3 is 6.18 Å². The fourth-order valence-corrected chi connectivity index (χ4v) is 5.59. The van der Waals surface area contributed by atoms with Crippen LogP contribution in [0.25, 0.3) is 11.0 Å². The monoisotopic (exact) mass is 555 g/mol. The van der Waals surface area contributed by atoms with Crippen molar-refractivity contribution in [3.8, 4) is 0 Å². The molecule has 5 rings (SSSR count). The van der Waals surface area contributed by atoms with Gasteiger partial charge in [0, 0.05) is 56.4 Å². The van der Waals surface area contributed by atoms with Crippen molar-refractivity contribution < 1.29 is 18.0 Å². The van der Waals surface area contributed by atoms with Crippen LogP contribution in [0, 0.1) is 6.92 Å². The number of Topliss-reactive ketones (excluding diaryl/α,β-unsaturated/α-hetero) is 1. The highest BCUT2D eigenvalue weighted by Gasteiger charge is 2.26. The third-order valence-corrected chi connectivity index (χ3v) is 7.65. The lowest BCUT2D eigenvalue weighted by molar-refractivity contribution is -0.0801. The number of piperazine rings is 1. The molecule has 0 atom stereocenters. The predicted molar refractivity (Wildman–Crippen MR) is 147 cm³/mol. The van der Waals surface area contributed by atoms with Crippen molar-refractivity contribution in [3.63, 3.8) is 0 Å². The van der Waals surface area contributed by atoms with Crippen LogP contribution in [0.15, 0.2) is 41.5 Å². The van der Waals surface area contributed by atoms with E-state index in [1.165, 1.54) is 6.92 Å². The molecule has 2 aliphatic rings. The zero-order valence-electron chi connectivity index (χ0n) is 22.5. The number of aryl methyl sites for hydroxylation is 1. The van der Waals surface area contributed by atoms with E-state index in [2.05, 4.69) is 20.2 Å². The molecule has 0 amide bonds. The number of hydrogen-bond donors (Lipinski definition) is 1. The third kappa shape index (κ3) is 6.01. The first-order valence-electron chi connectivity index (χ1n) is 13.5. The quantitative estimate of drug-likeness (QED) is 0.328. The molecule has 1 saturated carbocycles. The van der Waals surface area contributed by atoms with E-state index in [1.807, 2.05) is 17.0 Å². The fourth-order valence-electron chi connectivity index (χ4n) is 5.59. The molecule has 4 heterocycles. The van der Waals surface area contributed by atoms with E-state index < -0.39 is 6.18 Å². The Kier molecular flexibility index (Phi) is 7.88. The number of aromatic nitrogens is 4. The second kappa shape index (κ2) is 11.4. The van der Waals surface area contributed by atoms with Gasteiger partial charge in [0.1, 0.15) is 11.5 Å². The molecular formula is C28H32F3N7O2. The van der Waals surface area contributed by atoms with Gasteiger partial charge in [-0.3, -0.25) is 19.1 Å². The van der Waals surface area contributed by atoms with Gasteiger partial charge in [-0.25, -0.2) is 9.97 Å². The van der Waals surface area contributed by atoms with Gasteiger partial charge in [0.2, 0.25) is 5.95 Å². The number of nitrogens with one attached hydrogen (secondary N) is 1. The van der Waals surface area contributed by atoms with Gasteiger partial charge in [-0.05, 0) is 44.4 Å². The molecule has 0 unspecified atom stereocenters. The van der Waals surface area contributed by atoms with Crippen molar-refractivity contribution in [2.45, 2.75) is 51.7 Å². The molecular weight excluding hydrogens is 523 g/mol. The number of pyridine rings is 2. The standard InChI is InChI=1S/C28H32F3N7O2/c1-18-22-17-33-27(35-25(22)38(20-6-3-4-7-20)26(40)24(18)19(2)39)34-23-9-8-21(16-32-23)37-14-12-36(13-15-37)11-5-10-28(29,30)31/h5,8-10,16-17,20H,3-4,6-7,11-15H2,1-2H3,(H,32,33,34,35)/b10-5+. The van der Waals surface area contributed by atoms with E-state index >= 15 is 0 Å². The molecule has 0 spiro atoms. The Morgan fingerprint density at radius 2 is 1.82 bits per heavy atom. The minimum atomic E-state index is -4.28. The number of ketones is 1. The van der Waals surface area contributed by atoms with Crippen molar-refractivity contribution >= 4 is 34.3 Å². The predicted octanol–water partition coefficient (Wildman–Crippen LogP) is 4.80. The lowest BCUT2D eigenvalue weighted by Gasteiger charge is -2.35. The van der Waals surface area contributed by atoms with Gasteiger partial charge in [0.15, 0.2) is 5.78 Å². The van der Waals surface area contributed by atoms with Crippen molar-refractivity contribution in [2.75, 3.05) is 42.9 Å². The maximum atomic E-state index is 13.4. The van der Waals surface area contributed by atoms with E-state index in [0.29, 0.717) is 54.5 Å². The number of allylic oxidation sites excluding steroid dienone is 1. The molecule has 3 aromatic rings. The molecule has 3 aromatic heterocycles. The van der Waals surface area contributed by atoms with Gasteiger partial charge in [0.05, 0.1) is 17.4 Å². The molecule has 1 aliphatic heterocycles. The molecule has 0 radical (unpaired) electrons. The Balaban J connectivity index is 1.31. The Bertz CT molecular complexity index is 1470. The molecule has 0 bridgehead atoms. The molecule has 9 nitrogen and oxygen atoms in total. The topological polar surface area (TPSA) is 96.2 Å². The first-order valence-corrected chi connectivity index (χ1v) is 13.5. The summed E-state index contributed by atoms with van der Waals surface area (Å²) in [7, 11) is 0. The smallest absolute Gasteiger partial charge is 0.368 e. The Morgan fingerprint density at radius 1 is 1.10 bits per heavy atom. The number of anilines is 3. The largest absolute Gasteiger partial charge is 0.409 e. The average Bonchev–Trinajstić information content (AvgIpc) is 3.43. The lowest BCUT2D eigenvalue weighted by Crippen LogP contribution is -2.46. The van der Waals surface area contributed by atoms with Gasteiger partial charge in [-0.1, -0.05) is 18.9 Å². The fraction of sp³-hybridized carbons (Fsp3) is 0.464. The van der Waals surface area contributed by atoms with Gasteiger partial charge in [-0.15, -0.1) is 0 Å². The van der Waals surface area contributed by atoms with Crippen LogP contribution in [0.1, 0.15) is 54.6 Å². The summed E-state index contributed by atoms with van der Waals surface area (Å²) >= 11 is 0. The number of carbonyl (C=O) groups is 1. The number of hydrogen-bond acceptors (Lipinski definition) is 8. The molecule has 1 N–H and O–H groups in total. The van der Waals surface area contributed by atoms with Crippen LogP contribution in [0.4, 0.5) is 30.6 Å². The molecule has 1 saturated heterocycles. The number of halogens is 3. The molecule has 1 aliphatic carbocycles. The minimum absolute atomic E-state index is 0.00464. The third-order valence-electron chi connectivity index (χ3n) is 7.65. The molecule has 40 heavy (non-hydrogen) atoms. The highest BCUT2D eigenvalue weighted by Crippen LogP contribution is 2.32. The summed E-state index contributed by atoms with van der Waals surface area (Å²) in [5.74, 6) is 0.572. The van der Waals surface area contributed by atoms with Crippen molar-refractivity contribution in [3.05, 3.63) is 58.2 Å². The van der Waals surface area contributed by atoms with Crippen molar-refractivity contribution in [1.82, 2.24) is 24.4 Å². The second-order valence-electron chi connectivity index (χ2n) is 10.4. The van der Waals surface area contributed by atoms with Crippen LogP contribution < -0.4 is 15.8 Å². The summed E-state index contributed by atoms with van der Waals surface area (Å²) in [4.78, 5) is 43.5. The first kappa shape index (κ1) is 27.8. The van der Waals surface area contributed by atoms with Crippen molar-refractivity contribution in [1.29, 1.82) is 0 Å². The van der Waals surface area contributed by atoms with Crippen LogP contribution in [0.2, 0.25) is 0 Å². The molecule has 12 heteroatoms. The van der Waals surface area contributed by atoms with Crippen LogP contribution in [0.5, 0.6) is 0 Å². The number of fused-ring (bicyclic) bond motifs is 1. The van der Waals surface area contributed by atoms with Gasteiger partial charge in [-0.2, -0.15) is 18.2 Å². The van der Waals surface area contributed by atoms with Gasteiger partial charge in [0.25, 0.3) is 5.56 Å². The van der Waals surface area contributed by atoms with E-state index in [-0.39, 0.29) is 35.6 Å². The summed E-state index contributed by atoms with van der Waals surface area (Å²) in [6.45, 7) is 6.11. The summed E-state index contributed by atoms with van der Waals surface area (Å²) in [5.41, 5.74) is 1.91. The summed E-state index contributed by atoms with van der Waals surface area (Å²) < 4.78 is 38.7. The first-order chi connectivity index (χ1) is 19.1. The minimum Gasteiger partial charge on any atom is -0.368 e. The summed E-state index contributed by atoms with van der Waals surface area (Å²) in [5, 5.41) is 3.80. The SMILES string of the molecule is CC(=O)c1c(C)c2cnc(Nc3ccc(N4CCN(C/C=C/C(F)(F)F)CC4)cn3)nc2n(C2CCCC2)c1=O. The number of nitrogens with zero attached hydrogens (tertiary/aromatic N) is 6. The van der Waals surface area contributed by atoms with Crippen LogP contribution in [-0.4, -0.2) is 69.1 Å². The Morgan fingerprint density at radius 3 is 2.45 bits per heavy atom.